The van der Waals surface area contributed by atoms with Gasteiger partial charge < -0.3 is 36.1 Å². The van der Waals surface area contributed by atoms with Crippen LogP contribution in [0.2, 0.25) is 0 Å². The van der Waals surface area contributed by atoms with E-state index in [-0.39, 0.29) is 45.3 Å². The van der Waals surface area contributed by atoms with E-state index in [9.17, 15) is 0 Å². The van der Waals surface area contributed by atoms with Crippen LogP contribution in [0.5, 0.6) is 0 Å². The van der Waals surface area contributed by atoms with E-state index in [1.165, 1.54) is 0 Å². The number of hydrogen-bond donors (Lipinski definition) is 1. The number of nitrogens with zero attached hydrogens (tertiary/aromatic N) is 1. The number of hydrogen-bond acceptors (Lipinski definition) is 6. The zero-order chi connectivity index (χ0) is 11.0. The van der Waals surface area contributed by atoms with Crippen molar-refractivity contribution < 1.29 is 61.3 Å². The van der Waals surface area contributed by atoms with Gasteiger partial charge >= 0.3 is 16.8 Å². The van der Waals surface area contributed by atoms with Crippen LogP contribution in [0.15, 0.2) is 24.4 Å². The largest absolute Gasteiger partial charge is 2.00 e. The summed E-state index contributed by atoms with van der Waals surface area (Å²) in [7, 11) is -5.17. The molecule has 1 heterocycles. The third kappa shape index (κ3) is 38.2. The second kappa shape index (κ2) is 19.7. The summed E-state index contributed by atoms with van der Waals surface area (Å²) in [5.41, 5.74) is 0.944. The zero-order valence-electron chi connectivity index (χ0n) is 9.80. The molecule has 0 bridgehead atoms. The average Bonchev–Trinajstić information content (AvgIpc) is 2.03. The standard InChI is InChI=1S/C7H9NO.Co.H2O4S.4H2O/c9-6-4-7-3-1-2-5-8-7;;1-5(2,3)4;;;;/h1-3,5,9H,4,6H2;;(H2,1,2,3,4);4*1H2/q;+2;;;;;/p+2. The first-order chi connectivity index (χ1) is 6.43. The topological polar surface area (TPSA) is 245 Å². The van der Waals surface area contributed by atoms with Crippen molar-refractivity contribution in [1.82, 2.24) is 4.98 Å². The molecule has 0 atom stereocenters. The second-order valence-electron chi connectivity index (χ2n) is 2.20. The van der Waals surface area contributed by atoms with Gasteiger partial charge in [-0.05, 0) is 12.1 Å². The van der Waals surface area contributed by atoms with Gasteiger partial charge in [0, 0.05) is 35.3 Å². The van der Waals surface area contributed by atoms with Gasteiger partial charge in [0.25, 0.3) is 0 Å². The van der Waals surface area contributed by atoms with Crippen molar-refractivity contribution in [2.24, 2.45) is 0 Å². The number of aliphatic hydroxyl groups is 1. The van der Waals surface area contributed by atoms with E-state index in [1.807, 2.05) is 18.2 Å². The van der Waals surface area contributed by atoms with Gasteiger partial charge in [0.15, 0.2) is 0 Å². The summed E-state index contributed by atoms with van der Waals surface area (Å²) in [5, 5.41) is 8.48. The molecule has 0 aliphatic carbocycles. The molecule has 1 radical (unpaired) electrons. The molecule has 0 saturated carbocycles. The molecular weight excluding hydrogens is 333 g/mol. The predicted molar refractivity (Wildman–Crippen MR) is 65.0 cm³/mol. The summed E-state index contributed by atoms with van der Waals surface area (Å²) in [4.78, 5) is 4.01. The smallest absolute Gasteiger partial charge is 0.759 e. The van der Waals surface area contributed by atoms with Crippen molar-refractivity contribution in [3.63, 3.8) is 0 Å². The van der Waals surface area contributed by atoms with E-state index in [2.05, 4.69) is 4.98 Å². The van der Waals surface area contributed by atoms with Crippen LogP contribution in [0.1, 0.15) is 5.69 Å². The first kappa shape index (κ1) is 36.2. The maximum Gasteiger partial charge on any atom is 2.00 e. The van der Waals surface area contributed by atoms with Crippen molar-refractivity contribution in [3.8, 4) is 0 Å². The van der Waals surface area contributed by atoms with Gasteiger partial charge in [0.1, 0.15) is 0 Å². The summed E-state index contributed by atoms with van der Waals surface area (Å²) < 4.78 is 34.1. The van der Waals surface area contributed by atoms with Crippen molar-refractivity contribution in [3.05, 3.63) is 30.1 Å². The predicted octanol–water partition coefficient (Wildman–Crippen LogP) is -4.41. The van der Waals surface area contributed by atoms with Gasteiger partial charge in [-0.3, -0.25) is 13.4 Å². The summed E-state index contributed by atoms with van der Waals surface area (Å²) in [5.74, 6) is 0. The van der Waals surface area contributed by atoms with Crippen molar-refractivity contribution >= 4 is 10.4 Å². The average molecular weight is 354 g/mol. The minimum absolute atomic E-state index is 0. The van der Waals surface area contributed by atoms with E-state index >= 15 is 0 Å². The van der Waals surface area contributed by atoms with Crippen LogP contribution < -0.4 is 0 Å². The van der Waals surface area contributed by atoms with Crippen molar-refractivity contribution in [1.29, 1.82) is 0 Å². The number of rotatable bonds is 2. The van der Waals surface area contributed by atoms with Crippen LogP contribution in [0.3, 0.4) is 0 Å². The van der Waals surface area contributed by atoms with Crippen LogP contribution in [0.4, 0.5) is 0 Å². The minimum Gasteiger partial charge on any atom is -0.759 e. The maximum atomic E-state index is 8.52. The minimum atomic E-state index is -5.17. The van der Waals surface area contributed by atoms with Crippen LogP contribution >= 0.6 is 0 Å². The second-order valence-corrected chi connectivity index (χ2v) is 3.02. The molecule has 0 fully saturated rings. The monoisotopic (exact) mass is 354 g/mol. The Morgan fingerprint density at radius 1 is 1.11 bits per heavy atom. The Labute approximate surface area is 120 Å². The van der Waals surface area contributed by atoms with Gasteiger partial charge in [-0.2, -0.15) is 0 Å². The fourth-order valence-corrected chi connectivity index (χ4v) is 0.661. The number of pyridine rings is 1. The quantitative estimate of drug-likeness (QED) is 0.311. The summed E-state index contributed by atoms with van der Waals surface area (Å²) in [6, 6.07) is 5.68. The molecule has 1 aromatic rings. The van der Waals surface area contributed by atoms with Crippen LogP contribution in [0, 0.1) is 0 Å². The number of aliphatic hydroxyl groups excluding tert-OH is 1. The van der Waals surface area contributed by atoms with Crippen molar-refractivity contribution in [2.75, 3.05) is 6.61 Å². The molecule has 0 aromatic carbocycles. The Hall–Kier alpha value is -0.674. The molecule has 0 spiro atoms. The molecular formula is C7H21CoNO9S+4. The molecule has 0 unspecified atom stereocenters. The zero-order valence-corrected chi connectivity index (χ0v) is 11.7. The van der Waals surface area contributed by atoms with E-state index < -0.39 is 10.4 Å². The Balaban J connectivity index is -0.0000000385. The molecule has 0 aliphatic rings. The molecule has 13 N–H and O–H groups in total. The SMILES string of the molecule is O=S(=O)([O-])[O-].OCCc1ccccn1.[Co+2].[OH3+].[OH3+].[OH3+].[OH3+]. The molecule has 0 aliphatic heterocycles. The molecule has 1 rings (SSSR count). The Bertz CT molecular complexity index is 339. The van der Waals surface area contributed by atoms with Gasteiger partial charge in [-0.1, -0.05) is 6.07 Å². The summed E-state index contributed by atoms with van der Waals surface area (Å²) in [6.07, 6.45) is 2.38. The van der Waals surface area contributed by atoms with E-state index in [4.69, 9.17) is 22.6 Å². The summed E-state index contributed by atoms with van der Waals surface area (Å²) >= 11 is 0. The van der Waals surface area contributed by atoms with Crippen molar-refractivity contribution in [2.45, 2.75) is 6.42 Å². The van der Waals surface area contributed by atoms with E-state index in [1.54, 1.807) is 6.20 Å². The maximum absolute atomic E-state index is 8.52. The van der Waals surface area contributed by atoms with Crippen LogP contribution in [-0.2, 0) is 55.5 Å². The first-order valence-electron chi connectivity index (χ1n) is 3.61. The van der Waals surface area contributed by atoms with E-state index in [0.29, 0.717) is 6.42 Å². The Kier molecular flexibility index (Phi) is 37.5. The van der Waals surface area contributed by atoms with Gasteiger partial charge in [-0.25, -0.2) is 0 Å². The molecule has 0 amide bonds. The summed E-state index contributed by atoms with van der Waals surface area (Å²) in [6.45, 7) is 0.178. The van der Waals surface area contributed by atoms with Crippen LogP contribution in [0.25, 0.3) is 0 Å². The molecule has 0 saturated heterocycles. The molecule has 12 heteroatoms. The molecule has 1 aromatic heterocycles. The third-order valence-corrected chi connectivity index (χ3v) is 1.09. The Morgan fingerprint density at radius 2 is 1.53 bits per heavy atom. The fraction of sp³-hybridized carbons (Fsp3) is 0.286. The molecule has 10 nitrogen and oxygen atoms in total. The van der Waals surface area contributed by atoms with E-state index in [0.717, 1.165) is 5.69 Å². The van der Waals surface area contributed by atoms with Gasteiger partial charge in [-0.15, -0.1) is 0 Å². The normalized spacial score (nSPS) is 7.53. The first-order valence-corrected chi connectivity index (χ1v) is 4.94. The van der Waals surface area contributed by atoms with Gasteiger partial charge in [0.2, 0.25) is 0 Å². The molecule has 119 valence electrons. The third-order valence-electron chi connectivity index (χ3n) is 1.09. The number of aromatic nitrogens is 1. The van der Waals surface area contributed by atoms with Crippen LogP contribution in [-0.4, -0.2) is 34.2 Å². The fourth-order valence-electron chi connectivity index (χ4n) is 0.661. The van der Waals surface area contributed by atoms with Gasteiger partial charge in [0.05, 0.1) is 0 Å². The Morgan fingerprint density at radius 3 is 1.79 bits per heavy atom. The molecule has 19 heavy (non-hydrogen) atoms.